The Hall–Kier alpha value is -1.87. The van der Waals surface area contributed by atoms with Crippen LogP contribution in [-0.4, -0.2) is 29.1 Å². The summed E-state index contributed by atoms with van der Waals surface area (Å²) < 4.78 is 0. The van der Waals surface area contributed by atoms with E-state index in [4.69, 9.17) is 5.11 Å². The minimum atomic E-state index is 0.00385. The minimum Gasteiger partial charge on any atom is -0.395 e. The molecule has 0 bridgehead atoms. The van der Waals surface area contributed by atoms with E-state index in [9.17, 15) is 4.79 Å². The number of hydrogen-bond acceptors (Lipinski definition) is 2. The topological polar surface area (TPSA) is 40.5 Å². The largest absolute Gasteiger partial charge is 0.395 e. The molecule has 0 saturated heterocycles. The summed E-state index contributed by atoms with van der Waals surface area (Å²) in [5, 5.41) is 11.2. The van der Waals surface area contributed by atoms with Gasteiger partial charge in [-0.05, 0) is 22.4 Å². The number of carbonyl (C=O) groups excluding carboxylic acids is 1. The number of aliphatic hydroxyl groups is 1. The highest BCUT2D eigenvalue weighted by Gasteiger charge is 2.24. The fraction of sp³-hybridized carbons (Fsp3) is 0.214. The van der Waals surface area contributed by atoms with E-state index in [0.29, 0.717) is 13.1 Å². The minimum absolute atomic E-state index is 0.00385. The summed E-state index contributed by atoms with van der Waals surface area (Å²) in [7, 11) is 0. The van der Waals surface area contributed by atoms with Crippen molar-refractivity contribution in [1.82, 2.24) is 4.90 Å². The third-order valence-electron chi connectivity index (χ3n) is 3.24. The number of amides is 1. The zero-order valence-corrected chi connectivity index (χ0v) is 9.39. The van der Waals surface area contributed by atoms with Gasteiger partial charge < -0.3 is 10.0 Å². The lowest BCUT2D eigenvalue weighted by Crippen LogP contribution is -2.35. The van der Waals surface area contributed by atoms with Crippen molar-refractivity contribution in [2.24, 2.45) is 0 Å². The average molecular weight is 227 g/mol. The van der Waals surface area contributed by atoms with E-state index in [1.165, 1.54) is 0 Å². The fourth-order valence-electron chi connectivity index (χ4n) is 2.48. The van der Waals surface area contributed by atoms with Gasteiger partial charge in [0.15, 0.2) is 0 Å². The van der Waals surface area contributed by atoms with Gasteiger partial charge in [-0.25, -0.2) is 0 Å². The van der Waals surface area contributed by atoms with Gasteiger partial charge in [-0.2, -0.15) is 0 Å². The first kappa shape index (κ1) is 10.3. The van der Waals surface area contributed by atoms with Crippen molar-refractivity contribution in [3.63, 3.8) is 0 Å². The Morgan fingerprint density at radius 1 is 1.18 bits per heavy atom. The van der Waals surface area contributed by atoms with E-state index in [1.54, 1.807) is 4.90 Å². The molecule has 1 heterocycles. The molecule has 0 aromatic heterocycles. The Balaban J connectivity index is 2.22. The molecule has 17 heavy (non-hydrogen) atoms. The zero-order chi connectivity index (χ0) is 11.8. The number of β-amino-alcohol motifs (C(OH)–C–C–N with tert-alkyl or cyclic N) is 1. The van der Waals surface area contributed by atoms with E-state index >= 15 is 0 Å². The molecule has 3 nitrogen and oxygen atoms in total. The smallest absolute Gasteiger partial charge is 0.254 e. The third kappa shape index (κ3) is 1.51. The van der Waals surface area contributed by atoms with Crippen molar-refractivity contribution in [3.8, 4) is 0 Å². The molecule has 0 spiro atoms. The highest BCUT2D eigenvalue weighted by Crippen LogP contribution is 2.29. The molecule has 1 aliphatic rings. The van der Waals surface area contributed by atoms with Crippen molar-refractivity contribution in [1.29, 1.82) is 0 Å². The molecular weight excluding hydrogens is 214 g/mol. The predicted octanol–water partition coefficient (Wildman–Crippen LogP) is 1.79. The number of nitrogens with zero attached hydrogens (tertiary/aromatic N) is 1. The Morgan fingerprint density at radius 3 is 2.71 bits per heavy atom. The molecule has 0 fully saturated rings. The van der Waals surface area contributed by atoms with Gasteiger partial charge in [0.25, 0.3) is 5.91 Å². The molecule has 0 atom stereocenters. The van der Waals surface area contributed by atoms with Crippen LogP contribution in [0.1, 0.15) is 15.9 Å². The summed E-state index contributed by atoms with van der Waals surface area (Å²) in [5.74, 6) is 0.0170. The number of hydrogen-bond donors (Lipinski definition) is 1. The normalized spacial score (nSPS) is 14.4. The first-order valence-electron chi connectivity index (χ1n) is 5.72. The zero-order valence-electron chi connectivity index (χ0n) is 9.39. The number of rotatable bonds is 2. The molecule has 1 amide bonds. The molecule has 86 valence electrons. The maximum absolute atomic E-state index is 12.2. The van der Waals surface area contributed by atoms with Crippen molar-refractivity contribution in [3.05, 3.63) is 47.5 Å². The summed E-state index contributed by atoms with van der Waals surface area (Å²) in [6.45, 7) is 0.987. The van der Waals surface area contributed by atoms with Crippen LogP contribution in [-0.2, 0) is 6.54 Å². The number of benzene rings is 2. The maximum atomic E-state index is 12.2. The predicted molar refractivity (Wildman–Crippen MR) is 65.8 cm³/mol. The van der Waals surface area contributed by atoms with Crippen molar-refractivity contribution >= 4 is 16.7 Å². The average Bonchev–Trinajstić information content (AvgIpc) is 2.36. The van der Waals surface area contributed by atoms with Gasteiger partial charge in [0.05, 0.1) is 6.61 Å². The number of carbonyl (C=O) groups is 1. The van der Waals surface area contributed by atoms with Crippen LogP contribution in [0.5, 0.6) is 0 Å². The van der Waals surface area contributed by atoms with Crippen LogP contribution in [0.15, 0.2) is 36.4 Å². The summed E-state index contributed by atoms with van der Waals surface area (Å²) >= 11 is 0. The lowest BCUT2D eigenvalue weighted by molar-refractivity contribution is 0.0702. The summed E-state index contributed by atoms with van der Waals surface area (Å²) in [4.78, 5) is 13.9. The third-order valence-corrected chi connectivity index (χ3v) is 3.24. The van der Waals surface area contributed by atoms with E-state index < -0.39 is 0 Å². The lowest BCUT2D eigenvalue weighted by Gasteiger charge is -2.28. The monoisotopic (exact) mass is 227 g/mol. The van der Waals surface area contributed by atoms with Gasteiger partial charge in [-0.3, -0.25) is 4.79 Å². The van der Waals surface area contributed by atoms with E-state index in [0.717, 1.165) is 21.9 Å². The van der Waals surface area contributed by atoms with Gasteiger partial charge in [-0.1, -0.05) is 30.3 Å². The molecule has 1 N–H and O–H groups in total. The molecule has 2 aromatic rings. The van der Waals surface area contributed by atoms with Gasteiger partial charge in [0, 0.05) is 18.7 Å². The quantitative estimate of drug-likeness (QED) is 0.849. The van der Waals surface area contributed by atoms with Gasteiger partial charge in [0.1, 0.15) is 0 Å². The van der Waals surface area contributed by atoms with Gasteiger partial charge >= 0.3 is 0 Å². The summed E-state index contributed by atoms with van der Waals surface area (Å²) in [6, 6.07) is 11.9. The van der Waals surface area contributed by atoms with Crippen LogP contribution in [0.4, 0.5) is 0 Å². The highest BCUT2D eigenvalue weighted by atomic mass is 16.3. The van der Waals surface area contributed by atoms with Crippen LogP contribution in [0, 0.1) is 0 Å². The Bertz CT molecular complexity index is 587. The number of aliphatic hydroxyl groups excluding tert-OH is 1. The molecule has 0 unspecified atom stereocenters. The molecule has 3 rings (SSSR count). The summed E-state index contributed by atoms with van der Waals surface area (Å²) in [6.07, 6.45) is 0. The van der Waals surface area contributed by atoms with E-state index in [2.05, 4.69) is 0 Å². The van der Waals surface area contributed by atoms with Crippen LogP contribution < -0.4 is 0 Å². The maximum Gasteiger partial charge on any atom is 0.254 e. The standard InChI is InChI=1S/C14H13NO2/c16-8-7-15-9-11-5-1-3-10-4-2-6-12(13(10)11)14(15)17/h1-6,16H,7-9H2. The Morgan fingerprint density at radius 2 is 1.94 bits per heavy atom. The first-order valence-corrected chi connectivity index (χ1v) is 5.72. The van der Waals surface area contributed by atoms with E-state index in [-0.39, 0.29) is 12.5 Å². The SMILES string of the molecule is O=C1c2cccc3cccc(c23)CN1CCO. The van der Waals surface area contributed by atoms with Gasteiger partial charge in [0.2, 0.25) is 0 Å². The molecule has 2 aromatic carbocycles. The second-order valence-corrected chi connectivity index (χ2v) is 4.27. The van der Waals surface area contributed by atoms with Crippen molar-refractivity contribution in [2.75, 3.05) is 13.2 Å². The lowest BCUT2D eigenvalue weighted by atomic mass is 9.95. The van der Waals surface area contributed by atoms with Gasteiger partial charge in [-0.15, -0.1) is 0 Å². The van der Waals surface area contributed by atoms with E-state index in [1.807, 2.05) is 36.4 Å². The summed E-state index contributed by atoms with van der Waals surface area (Å²) in [5.41, 5.74) is 1.91. The Kier molecular flexibility index (Phi) is 2.34. The molecule has 0 saturated carbocycles. The Labute approximate surface area is 99.3 Å². The van der Waals surface area contributed by atoms with Crippen LogP contribution >= 0.6 is 0 Å². The molecule has 3 heteroatoms. The fourth-order valence-corrected chi connectivity index (χ4v) is 2.48. The van der Waals surface area contributed by atoms with Crippen LogP contribution in [0.25, 0.3) is 10.8 Å². The van der Waals surface area contributed by atoms with Crippen LogP contribution in [0.3, 0.4) is 0 Å². The second kappa shape index (κ2) is 3.86. The van der Waals surface area contributed by atoms with Crippen molar-refractivity contribution in [2.45, 2.75) is 6.54 Å². The second-order valence-electron chi connectivity index (χ2n) is 4.27. The molecule has 1 aliphatic heterocycles. The molecule has 0 radical (unpaired) electrons. The van der Waals surface area contributed by atoms with Crippen LogP contribution in [0.2, 0.25) is 0 Å². The van der Waals surface area contributed by atoms with Crippen molar-refractivity contribution < 1.29 is 9.90 Å². The molecular formula is C14H13NO2. The molecule has 0 aliphatic carbocycles. The first-order chi connectivity index (χ1) is 8.31. The highest BCUT2D eigenvalue weighted by molar-refractivity contribution is 6.09.